The molecule has 0 N–H and O–H groups in total. The Labute approximate surface area is 163 Å². The van der Waals surface area contributed by atoms with E-state index in [4.69, 9.17) is 9.26 Å². The van der Waals surface area contributed by atoms with Gasteiger partial charge in [-0.3, -0.25) is 4.79 Å². The average molecular weight is 385 g/mol. The second kappa shape index (κ2) is 8.48. The van der Waals surface area contributed by atoms with Crippen molar-refractivity contribution in [1.29, 1.82) is 0 Å². The Morgan fingerprint density at radius 1 is 1.29 bits per heavy atom. The second-order valence-electron chi connectivity index (χ2n) is 7.15. The number of aromatic nitrogens is 2. The molecule has 3 aromatic rings. The summed E-state index contributed by atoms with van der Waals surface area (Å²) < 4.78 is 23.8. The van der Waals surface area contributed by atoms with E-state index in [-0.39, 0.29) is 11.7 Å². The fraction of sp³-hybridized carbons (Fsp3) is 0.381. The number of carbonyl (C=O) groups excluding carboxylic acids is 1. The smallest absolute Gasteiger partial charge is 0.259 e. The molecule has 0 aliphatic carbocycles. The number of methoxy groups -OCH3 is 1. The molecule has 0 fully saturated rings. The molecule has 0 unspecified atom stereocenters. The number of benzene rings is 1. The van der Waals surface area contributed by atoms with Gasteiger partial charge in [0.05, 0.1) is 28.9 Å². The molecule has 148 valence electrons. The Morgan fingerprint density at radius 3 is 2.64 bits per heavy atom. The summed E-state index contributed by atoms with van der Waals surface area (Å²) in [5.74, 6) is -0.162. The number of hydrogen-bond acceptors (Lipinski definition) is 5. The summed E-state index contributed by atoms with van der Waals surface area (Å²) in [6.07, 6.45) is 0. The average Bonchev–Trinajstić information content (AvgIpc) is 3.05. The predicted octanol–water partition coefficient (Wildman–Crippen LogP) is 4.08. The van der Waals surface area contributed by atoms with Gasteiger partial charge in [-0.05, 0) is 43.2 Å². The third-order valence-electron chi connectivity index (χ3n) is 4.43. The van der Waals surface area contributed by atoms with Crippen molar-refractivity contribution in [3.05, 3.63) is 47.4 Å². The number of hydrogen-bond donors (Lipinski definition) is 0. The first-order valence-corrected chi connectivity index (χ1v) is 9.22. The Morgan fingerprint density at radius 2 is 2.00 bits per heavy atom. The lowest BCUT2D eigenvalue weighted by Crippen LogP contribution is -2.37. The van der Waals surface area contributed by atoms with E-state index < -0.39 is 0 Å². The van der Waals surface area contributed by atoms with E-state index in [0.29, 0.717) is 59.2 Å². The van der Waals surface area contributed by atoms with Gasteiger partial charge in [-0.15, -0.1) is 0 Å². The molecular formula is C21H24FN3O3. The molecule has 0 aliphatic heterocycles. The second-order valence-corrected chi connectivity index (χ2v) is 7.15. The number of carbonyl (C=O) groups is 1. The van der Waals surface area contributed by atoms with Crippen molar-refractivity contribution in [2.75, 3.05) is 26.8 Å². The minimum absolute atomic E-state index is 0.132. The van der Waals surface area contributed by atoms with Gasteiger partial charge >= 0.3 is 0 Å². The first-order chi connectivity index (χ1) is 13.4. The van der Waals surface area contributed by atoms with Crippen LogP contribution in [0.2, 0.25) is 0 Å². The number of amides is 1. The van der Waals surface area contributed by atoms with Crippen molar-refractivity contribution in [3.8, 4) is 11.3 Å². The zero-order valence-electron chi connectivity index (χ0n) is 16.5. The standard InChI is InChI=1S/C21H24FN3O3/c1-13(2)12-25(9-10-27-4)21(26)17-11-18(15-5-7-16(22)8-6-15)23-20-19(17)14(3)24-28-20/h5-8,11,13H,9-10,12H2,1-4H3. The molecule has 2 heterocycles. The van der Waals surface area contributed by atoms with Gasteiger partial charge in [-0.2, -0.15) is 0 Å². The minimum atomic E-state index is -0.334. The van der Waals surface area contributed by atoms with Gasteiger partial charge in [-0.25, -0.2) is 9.37 Å². The maximum Gasteiger partial charge on any atom is 0.259 e. The monoisotopic (exact) mass is 385 g/mol. The van der Waals surface area contributed by atoms with E-state index in [9.17, 15) is 9.18 Å². The topological polar surface area (TPSA) is 68.5 Å². The van der Waals surface area contributed by atoms with Crippen molar-refractivity contribution in [2.45, 2.75) is 20.8 Å². The fourth-order valence-corrected chi connectivity index (χ4v) is 3.12. The Bertz CT molecular complexity index is 967. The maximum atomic E-state index is 13.4. The van der Waals surface area contributed by atoms with Gasteiger partial charge in [0.1, 0.15) is 5.82 Å². The lowest BCUT2D eigenvalue weighted by atomic mass is 10.0. The third kappa shape index (κ3) is 4.20. The van der Waals surface area contributed by atoms with Crippen LogP contribution in [-0.2, 0) is 4.74 Å². The van der Waals surface area contributed by atoms with Crippen LogP contribution in [0.25, 0.3) is 22.4 Å². The van der Waals surface area contributed by atoms with Gasteiger partial charge in [-0.1, -0.05) is 19.0 Å². The van der Waals surface area contributed by atoms with E-state index >= 15 is 0 Å². The molecule has 2 aromatic heterocycles. The lowest BCUT2D eigenvalue weighted by molar-refractivity contribution is 0.0674. The minimum Gasteiger partial charge on any atom is -0.383 e. The van der Waals surface area contributed by atoms with Crippen LogP contribution in [0, 0.1) is 18.7 Å². The molecule has 1 aromatic carbocycles. The quantitative estimate of drug-likeness (QED) is 0.613. The summed E-state index contributed by atoms with van der Waals surface area (Å²) in [5.41, 5.74) is 2.59. The summed E-state index contributed by atoms with van der Waals surface area (Å²) in [7, 11) is 1.61. The molecule has 1 amide bonds. The van der Waals surface area contributed by atoms with Crippen LogP contribution in [0.1, 0.15) is 29.9 Å². The largest absolute Gasteiger partial charge is 0.383 e. The van der Waals surface area contributed by atoms with E-state index in [2.05, 4.69) is 24.0 Å². The van der Waals surface area contributed by atoms with Crippen LogP contribution < -0.4 is 0 Å². The molecular weight excluding hydrogens is 361 g/mol. The highest BCUT2D eigenvalue weighted by molar-refractivity contribution is 6.07. The molecule has 0 spiro atoms. The van der Waals surface area contributed by atoms with Gasteiger partial charge in [0, 0.05) is 25.8 Å². The number of ether oxygens (including phenoxy) is 1. The van der Waals surface area contributed by atoms with Gasteiger partial charge in [0.15, 0.2) is 0 Å². The van der Waals surface area contributed by atoms with Crippen LogP contribution in [0.3, 0.4) is 0 Å². The predicted molar refractivity (Wildman–Crippen MR) is 105 cm³/mol. The van der Waals surface area contributed by atoms with E-state index in [0.717, 1.165) is 0 Å². The highest BCUT2D eigenvalue weighted by atomic mass is 19.1. The van der Waals surface area contributed by atoms with E-state index in [1.807, 2.05) is 0 Å². The van der Waals surface area contributed by atoms with Gasteiger partial charge in [0.25, 0.3) is 11.6 Å². The molecule has 7 heteroatoms. The SMILES string of the molecule is COCCN(CC(C)C)C(=O)c1cc(-c2ccc(F)cc2)nc2onc(C)c12. The molecule has 0 saturated heterocycles. The molecule has 0 aliphatic rings. The summed E-state index contributed by atoms with van der Waals surface area (Å²) in [5, 5.41) is 4.58. The summed E-state index contributed by atoms with van der Waals surface area (Å²) in [6.45, 7) is 7.42. The number of fused-ring (bicyclic) bond motifs is 1. The Kier molecular flexibility index (Phi) is 6.04. The molecule has 28 heavy (non-hydrogen) atoms. The molecule has 6 nitrogen and oxygen atoms in total. The maximum absolute atomic E-state index is 13.4. The summed E-state index contributed by atoms with van der Waals surface area (Å²) >= 11 is 0. The molecule has 0 bridgehead atoms. The van der Waals surface area contributed by atoms with Crippen molar-refractivity contribution < 1.29 is 18.4 Å². The third-order valence-corrected chi connectivity index (χ3v) is 4.43. The zero-order chi connectivity index (χ0) is 20.3. The summed E-state index contributed by atoms with van der Waals surface area (Å²) in [6, 6.07) is 7.69. The molecule has 3 rings (SSSR count). The fourth-order valence-electron chi connectivity index (χ4n) is 3.12. The number of nitrogens with zero attached hydrogens (tertiary/aromatic N) is 3. The van der Waals surface area contributed by atoms with Gasteiger partial charge < -0.3 is 14.2 Å². The first kappa shape index (κ1) is 19.9. The van der Waals surface area contributed by atoms with Gasteiger partial charge in [0.2, 0.25) is 0 Å². The summed E-state index contributed by atoms with van der Waals surface area (Å²) in [4.78, 5) is 19.6. The first-order valence-electron chi connectivity index (χ1n) is 9.22. The normalized spacial score (nSPS) is 11.4. The lowest BCUT2D eigenvalue weighted by Gasteiger charge is -2.24. The van der Waals surface area contributed by atoms with Crippen LogP contribution in [0.15, 0.2) is 34.9 Å². The number of pyridine rings is 1. The van der Waals surface area contributed by atoms with Crippen molar-refractivity contribution >= 4 is 17.0 Å². The number of rotatable bonds is 7. The van der Waals surface area contributed by atoms with E-state index in [1.165, 1.54) is 12.1 Å². The van der Waals surface area contributed by atoms with Crippen LogP contribution >= 0.6 is 0 Å². The molecule has 0 atom stereocenters. The molecule has 0 radical (unpaired) electrons. The van der Waals surface area contributed by atoms with Crippen molar-refractivity contribution in [1.82, 2.24) is 15.0 Å². The van der Waals surface area contributed by atoms with Crippen LogP contribution in [0.5, 0.6) is 0 Å². The van der Waals surface area contributed by atoms with Crippen molar-refractivity contribution in [3.63, 3.8) is 0 Å². The molecule has 0 saturated carbocycles. The van der Waals surface area contributed by atoms with E-state index in [1.54, 1.807) is 37.1 Å². The van der Waals surface area contributed by atoms with Crippen LogP contribution in [0.4, 0.5) is 4.39 Å². The number of aryl methyl sites for hydroxylation is 1. The highest BCUT2D eigenvalue weighted by Crippen LogP contribution is 2.28. The van der Waals surface area contributed by atoms with Crippen LogP contribution in [-0.4, -0.2) is 47.8 Å². The highest BCUT2D eigenvalue weighted by Gasteiger charge is 2.24. The zero-order valence-corrected chi connectivity index (χ0v) is 16.5. The Balaban J connectivity index is 2.10. The number of halogens is 1. The Hall–Kier alpha value is -2.80. The van der Waals surface area contributed by atoms with Crippen molar-refractivity contribution in [2.24, 2.45) is 5.92 Å².